The predicted octanol–water partition coefficient (Wildman–Crippen LogP) is 2.00. The molecule has 4 aliphatic heterocycles. The van der Waals surface area contributed by atoms with Gasteiger partial charge in [-0.2, -0.15) is 0 Å². The van der Waals surface area contributed by atoms with E-state index >= 15 is 0 Å². The van der Waals surface area contributed by atoms with Crippen molar-refractivity contribution in [1.82, 2.24) is 0 Å². The van der Waals surface area contributed by atoms with E-state index in [0.29, 0.717) is 48.3 Å². The lowest BCUT2D eigenvalue weighted by atomic mass is 9.46. The molecule has 1 spiro atoms. The molecule has 12 nitrogen and oxygen atoms in total. The molecule has 0 radical (unpaired) electrons. The van der Waals surface area contributed by atoms with Gasteiger partial charge >= 0.3 is 0 Å². The maximum Gasteiger partial charge on any atom is 0.187 e. The first kappa shape index (κ1) is 36.2. The molecule has 0 aromatic heterocycles. The zero-order chi connectivity index (χ0) is 35.5. The lowest BCUT2D eigenvalue weighted by Gasteiger charge is -2.60. The van der Waals surface area contributed by atoms with Gasteiger partial charge in [-0.05, 0) is 80.5 Å². The van der Waals surface area contributed by atoms with Crippen LogP contribution in [0.25, 0.3) is 0 Å². The Morgan fingerprint density at radius 3 is 2.34 bits per heavy atom. The molecular weight excluding hydrogens is 648 g/mol. The molecule has 4 heterocycles. The molecule has 0 aromatic carbocycles. The Morgan fingerprint density at radius 2 is 1.60 bits per heavy atom. The van der Waals surface area contributed by atoms with E-state index in [-0.39, 0.29) is 18.1 Å². The Morgan fingerprint density at radius 1 is 0.820 bits per heavy atom. The first-order valence-electron chi connectivity index (χ1n) is 19.4. The van der Waals surface area contributed by atoms with E-state index in [1.807, 2.05) is 0 Å². The second kappa shape index (κ2) is 12.9. The van der Waals surface area contributed by atoms with Gasteiger partial charge in [0.2, 0.25) is 0 Å². The number of hydrogen-bond donors (Lipinski definition) is 6. The van der Waals surface area contributed by atoms with Crippen molar-refractivity contribution in [3.63, 3.8) is 0 Å². The highest BCUT2D eigenvalue weighted by Gasteiger charge is 2.69. The van der Waals surface area contributed by atoms with Gasteiger partial charge in [-0.25, -0.2) is 0 Å². The topological polar surface area (TPSA) is 177 Å². The lowest BCUT2D eigenvalue weighted by Crippen LogP contribution is -2.63. The smallest absolute Gasteiger partial charge is 0.187 e. The summed E-state index contributed by atoms with van der Waals surface area (Å²) in [5.41, 5.74) is 0.917. The van der Waals surface area contributed by atoms with Crippen molar-refractivity contribution in [2.75, 3.05) is 13.2 Å². The zero-order valence-corrected chi connectivity index (χ0v) is 30.2. The Balaban J connectivity index is 1.04. The van der Waals surface area contributed by atoms with E-state index in [1.54, 1.807) is 6.92 Å². The molecular formula is C38H60O12. The second-order valence-electron chi connectivity index (χ2n) is 17.9. The maximum atomic E-state index is 11.1. The van der Waals surface area contributed by atoms with Crippen LogP contribution in [0.4, 0.5) is 0 Å². The van der Waals surface area contributed by atoms with Crippen LogP contribution in [-0.2, 0) is 28.4 Å². The molecule has 4 aliphatic carbocycles. The highest BCUT2D eigenvalue weighted by molar-refractivity contribution is 5.28. The Labute approximate surface area is 295 Å². The minimum atomic E-state index is -1.60. The van der Waals surface area contributed by atoms with Crippen molar-refractivity contribution < 1.29 is 59.1 Å². The number of rotatable bonds is 4. The number of hydrogen-bond acceptors (Lipinski definition) is 12. The van der Waals surface area contributed by atoms with E-state index < -0.39 is 78.7 Å². The summed E-state index contributed by atoms with van der Waals surface area (Å²) in [4.78, 5) is 0. The molecule has 8 rings (SSSR count). The first-order chi connectivity index (χ1) is 23.7. The molecule has 12 heteroatoms. The van der Waals surface area contributed by atoms with Crippen LogP contribution < -0.4 is 0 Å². The number of ether oxygens (including phenoxy) is 6. The minimum Gasteiger partial charge on any atom is -0.393 e. The third-order valence-corrected chi connectivity index (χ3v) is 15.2. The van der Waals surface area contributed by atoms with Crippen LogP contribution >= 0.6 is 0 Å². The van der Waals surface area contributed by atoms with Gasteiger partial charge in [0.1, 0.15) is 36.6 Å². The van der Waals surface area contributed by atoms with Crippen LogP contribution in [-0.4, -0.2) is 123 Å². The van der Waals surface area contributed by atoms with Crippen LogP contribution in [0, 0.1) is 46.3 Å². The summed E-state index contributed by atoms with van der Waals surface area (Å²) in [7, 11) is 0. The summed E-state index contributed by atoms with van der Waals surface area (Å²) in [5, 5.41) is 64.1. The molecule has 0 amide bonds. The maximum absolute atomic E-state index is 11.1. The van der Waals surface area contributed by atoms with Crippen molar-refractivity contribution in [1.29, 1.82) is 0 Å². The van der Waals surface area contributed by atoms with Crippen molar-refractivity contribution >= 4 is 0 Å². The SMILES string of the molecule is C[C@H]1CC[C@@]2(OC1)O[C@H]1C[C@@H]3[C@@H]4CC=C5C[C@H](O)C[C@H](O[C@@H]6OC[C@@H](O)[C@H](O)[C@H]6O[C@@H]6O[C@@H](C)[C@H](O)[C@@H](O)[C@H]6O)[C@@]5(C)[C@H]4CC[C@@]3(C)[C@H]1[C@@H]2C. The fourth-order valence-corrected chi connectivity index (χ4v) is 12.4. The third-order valence-electron chi connectivity index (χ3n) is 15.2. The second-order valence-corrected chi connectivity index (χ2v) is 17.9. The molecule has 50 heavy (non-hydrogen) atoms. The Hall–Kier alpha value is -0.740. The van der Waals surface area contributed by atoms with Crippen LogP contribution in [0.2, 0.25) is 0 Å². The summed E-state index contributed by atoms with van der Waals surface area (Å²) < 4.78 is 38.0. The summed E-state index contributed by atoms with van der Waals surface area (Å²) in [6.45, 7) is 11.5. The fourth-order valence-electron chi connectivity index (χ4n) is 12.4. The molecule has 0 aromatic rings. The van der Waals surface area contributed by atoms with Crippen LogP contribution in [0.15, 0.2) is 11.6 Å². The van der Waals surface area contributed by atoms with Crippen molar-refractivity contribution in [2.24, 2.45) is 46.3 Å². The average molecular weight is 709 g/mol. The highest BCUT2D eigenvalue weighted by atomic mass is 16.8. The van der Waals surface area contributed by atoms with Gasteiger partial charge in [0.05, 0.1) is 37.6 Å². The summed E-state index contributed by atoms with van der Waals surface area (Å²) in [6.07, 6.45) is -3.26. The number of aliphatic hydroxyl groups excluding tert-OH is 6. The molecule has 0 unspecified atom stereocenters. The van der Waals surface area contributed by atoms with Gasteiger partial charge in [-0.15, -0.1) is 0 Å². The van der Waals surface area contributed by atoms with E-state index in [1.165, 1.54) is 5.57 Å². The quantitative estimate of drug-likeness (QED) is 0.235. The van der Waals surface area contributed by atoms with Gasteiger partial charge < -0.3 is 59.1 Å². The van der Waals surface area contributed by atoms with Gasteiger partial charge in [-0.1, -0.05) is 39.3 Å². The zero-order valence-electron chi connectivity index (χ0n) is 30.2. The monoisotopic (exact) mass is 708 g/mol. The fraction of sp³-hybridized carbons (Fsp3) is 0.947. The Kier molecular flexibility index (Phi) is 9.38. The van der Waals surface area contributed by atoms with E-state index in [2.05, 4.69) is 33.8 Å². The highest BCUT2D eigenvalue weighted by Crippen LogP contribution is 2.71. The van der Waals surface area contributed by atoms with Crippen LogP contribution in [0.5, 0.6) is 0 Å². The van der Waals surface area contributed by atoms with Gasteiger partial charge in [0, 0.05) is 24.2 Å². The standard InChI is InChI=1S/C38H60O12/c1-17-8-11-38(46-15-17)18(2)28-26(50-38)14-24-22-7-6-20-12-21(39)13-27(37(20,5)23(22)9-10-36(24,28)4)48-35-33(30(42)25(40)16-45-35)49-34-32(44)31(43)29(41)19(3)47-34/h6,17-19,21-35,39-44H,7-16H2,1-5H3/t17-,18-,19-,21-,22+,23-,24+,25+,26-,27-,28-,29-,30-,31+,32+,33+,34-,35-,36+,37+,38+/m0/s1. The molecule has 6 N–H and O–H groups in total. The minimum absolute atomic E-state index is 0.134. The van der Waals surface area contributed by atoms with Crippen LogP contribution in [0.3, 0.4) is 0 Å². The lowest BCUT2D eigenvalue weighted by molar-refractivity contribution is -0.362. The molecule has 4 saturated heterocycles. The molecule has 3 saturated carbocycles. The number of allylic oxidation sites excluding steroid dienone is 1. The third kappa shape index (κ3) is 5.45. The van der Waals surface area contributed by atoms with Crippen molar-refractivity contribution in [3.05, 3.63) is 11.6 Å². The van der Waals surface area contributed by atoms with E-state index in [0.717, 1.165) is 45.1 Å². The first-order valence-corrected chi connectivity index (χ1v) is 19.4. The molecule has 8 aliphatic rings. The molecule has 7 fully saturated rings. The Bertz CT molecular complexity index is 1290. The van der Waals surface area contributed by atoms with Crippen molar-refractivity contribution in [3.8, 4) is 0 Å². The van der Waals surface area contributed by atoms with E-state index in [9.17, 15) is 30.6 Å². The average Bonchev–Trinajstić information content (AvgIpc) is 3.53. The van der Waals surface area contributed by atoms with Gasteiger partial charge in [0.15, 0.2) is 18.4 Å². The summed E-state index contributed by atoms with van der Waals surface area (Å²) in [6, 6.07) is 0. The summed E-state index contributed by atoms with van der Waals surface area (Å²) >= 11 is 0. The normalized spacial score (nSPS) is 59.3. The van der Waals surface area contributed by atoms with Gasteiger partial charge in [-0.3, -0.25) is 0 Å². The number of aliphatic hydroxyl groups is 6. The van der Waals surface area contributed by atoms with E-state index in [4.69, 9.17) is 28.4 Å². The van der Waals surface area contributed by atoms with Crippen molar-refractivity contribution in [2.45, 2.75) is 165 Å². The predicted molar refractivity (Wildman–Crippen MR) is 177 cm³/mol. The number of fused-ring (bicyclic) bond motifs is 7. The largest absolute Gasteiger partial charge is 0.393 e. The van der Waals surface area contributed by atoms with Gasteiger partial charge in [0.25, 0.3) is 0 Å². The summed E-state index contributed by atoms with van der Waals surface area (Å²) in [5.74, 6) is 2.08. The molecule has 21 atom stereocenters. The molecule has 284 valence electrons. The molecule has 0 bridgehead atoms. The van der Waals surface area contributed by atoms with Crippen LogP contribution in [0.1, 0.15) is 86.0 Å².